The summed E-state index contributed by atoms with van der Waals surface area (Å²) in [7, 11) is 1.55. The van der Waals surface area contributed by atoms with Crippen LogP contribution in [-0.4, -0.2) is 28.8 Å². The van der Waals surface area contributed by atoms with Gasteiger partial charge in [0.25, 0.3) is 5.56 Å². The number of amides is 1. The van der Waals surface area contributed by atoms with Gasteiger partial charge in [0.15, 0.2) is 0 Å². The van der Waals surface area contributed by atoms with Crippen LogP contribution in [0.4, 0.5) is 18.9 Å². The number of rotatable bonds is 4. The molecule has 1 saturated heterocycles. The van der Waals surface area contributed by atoms with E-state index in [9.17, 15) is 22.8 Å². The van der Waals surface area contributed by atoms with Crippen LogP contribution in [0.1, 0.15) is 24.0 Å². The minimum atomic E-state index is -4.46. The van der Waals surface area contributed by atoms with E-state index in [1.807, 2.05) is 4.90 Å². The molecular formula is C19H21F3N4O2. The van der Waals surface area contributed by atoms with Crippen molar-refractivity contribution in [3.63, 3.8) is 0 Å². The van der Waals surface area contributed by atoms with E-state index in [0.717, 1.165) is 12.5 Å². The molecule has 0 spiro atoms. The van der Waals surface area contributed by atoms with Gasteiger partial charge >= 0.3 is 6.18 Å². The van der Waals surface area contributed by atoms with E-state index in [-0.39, 0.29) is 29.5 Å². The average Bonchev–Trinajstić information content (AvgIpc) is 2.68. The number of carbonyl (C=O) groups excluding carboxylic acids is 1. The predicted molar refractivity (Wildman–Crippen MR) is 97.7 cm³/mol. The summed E-state index contributed by atoms with van der Waals surface area (Å²) in [4.78, 5) is 26.2. The highest BCUT2D eigenvalue weighted by molar-refractivity contribution is 5.79. The highest BCUT2D eigenvalue weighted by atomic mass is 19.4. The standard InChI is InChI=1S/C19H21F3N4O2/c1-25-17(27)9-15(11-24-25)26-8-4-6-14(12-26)18(28)23-10-13-5-2-3-7-16(13)19(20,21)22/h2-3,5,7,9,11,14H,4,6,8,10,12H2,1H3,(H,23,28)/t14-/m0/s1. The Kier molecular flexibility index (Phi) is 5.71. The van der Waals surface area contributed by atoms with Crippen molar-refractivity contribution in [1.29, 1.82) is 0 Å². The Morgan fingerprint density at radius 3 is 2.79 bits per heavy atom. The number of nitrogens with zero attached hydrogens (tertiary/aromatic N) is 3. The first-order valence-corrected chi connectivity index (χ1v) is 8.97. The second-order valence-corrected chi connectivity index (χ2v) is 6.83. The molecule has 6 nitrogen and oxygen atoms in total. The summed E-state index contributed by atoms with van der Waals surface area (Å²) in [6, 6.07) is 6.68. The van der Waals surface area contributed by atoms with Crippen molar-refractivity contribution in [2.45, 2.75) is 25.6 Å². The molecule has 1 aliphatic rings. The molecule has 0 radical (unpaired) electrons. The maximum Gasteiger partial charge on any atom is 0.416 e. The zero-order valence-electron chi connectivity index (χ0n) is 15.4. The molecule has 1 fully saturated rings. The highest BCUT2D eigenvalue weighted by Gasteiger charge is 2.33. The summed E-state index contributed by atoms with van der Waals surface area (Å²) < 4.78 is 40.4. The summed E-state index contributed by atoms with van der Waals surface area (Å²) in [5.41, 5.74) is -0.311. The van der Waals surface area contributed by atoms with Gasteiger partial charge in [-0.1, -0.05) is 18.2 Å². The number of halogens is 3. The van der Waals surface area contributed by atoms with Gasteiger partial charge in [-0.25, -0.2) is 4.68 Å². The minimum absolute atomic E-state index is 0.0340. The van der Waals surface area contributed by atoms with Crippen LogP contribution >= 0.6 is 0 Å². The number of aryl methyl sites for hydroxylation is 1. The number of piperidine rings is 1. The Labute approximate surface area is 160 Å². The third-order valence-corrected chi connectivity index (χ3v) is 4.89. The van der Waals surface area contributed by atoms with Gasteiger partial charge < -0.3 is 10.2 Å². The van der Waals surface area contributed by atoms with Gasteiger partial charge in [-0.3, -0.25) is 9.59 Å². The lowest BCUT2D eigenvalue weighted by atomic mass is 9.96. The Morgan fingerprint density at radius 1 is 1.32 bits per heavy atom. The maximum atomic E-state index is 13.1. The zero-order chi connectivity index (χ0) is 20.3. The van der Waals surface area contributed by atoms with Crippen molar-refractivity contribution >= 4 is 11.6 Å². The number of aromatic nitrogens is 2. The zero-order valence-corrected chi connectivity index (χ0v) is 15.4. The first-order valence-electron chi connectivity index (χ1n) is 8.97. The topological polar surface area (TPSA) is 67.2 Å². The van der Waals surface area contributed by atoms with Crippen molar-refractivity contribution in [3.05, 3.63) is 58.0 Å². The van der Waals surface area contributed by atoms with Gasteiger partial charge in [0.2, 0.25) is 5.91 Å². The number of hydrogen-bond acceptors (Lipinski definition) is 4. The van der Waals surface area contributed by atoms with Crippen LogP contribution < -0.4 is 15.8 Å². The van der Waals surface area contributed by atoms with Gasteiger partial charge in [-0.05, 0) is 24.5 Å². The Balaban J connectivity index is 1.65. The van der Waals surface area contributed by atoms with E-state index in [0.29, 0.717) is 25.2 Å². The number of nitrogens with one attached hydrogen (secondary N) is 1. The van der Waals surface area contributed by atoms with Gasteiger partial charge in [-0.15, -0.1) is 0 Å². The fraction of sp³-hybridized carbons (Fsp3) is 0.421. The Bertz CT molecular complexity index is 911. The SMILES string of the molecule is Cn1ncc(N2CCC[C@H](C(=O)NCc3ccccc3C(F)(F)F)C2)cc1=O. The van der Waals surface area contributed by atoms with Crippen LogP contribution in [0.15, 0.2) is 41.3 Å². The summed E-state index contributed by atoms with van der Waals surface area (Å²) in [6.45, 7) is 0.898. The monoisotopic (exact) mass is 394 g/mol. The Hall–Kier alpha value is -2.84. The second kappa shape index (κ2) is 8.04. The first-order chi connectivity index (χ1) is 13.3. The van der Waals surface area contributed by atoms with E-state index < -0.39 is 11.7 Å². The van der Waals surface area contributed by atoms with Gasteiger partial charge in [0.05, 0.1) is 23.4 Å². The van der Waals surface area contributed by atoms with Crippen LogP contribution in [0, 0.1) is 5.92 Å². The molecule has 0 aliphatic carbocycles. The van der Waals surface area contributed by atoms with Crippen LogP contribution in [-0.2, 0) is 24.6 Å². The van der Waals surface area contributed by atoms with Crippen LogP contribution in [0.5, 0.6) is 0 Å². The number of alkyl halides is 3. The summed E-state index contributed by atoms with van der Waals surface area (Å²) in [5, 5.41) is 6.61. The molecule has 1 N–H and O–H groups in total. The molecule has 1 aromatic carbocycles. The normalized spacial score (nSPS) is 17.4. The van der Waals surface area contributed by atoms with E-state index in [1.54, 1.807) is 13.2 Å². The summed E-state index contributed by atoms with van der Waals surface area (Å²) >= 11 is 0. The third-order valence-electron chi connectivity index (χ3n) is 4.89. The van der Waals surface area contributed by atoms with Crippen molar-refractivity contribution in [3.8, 4) is 0 Å². The van der Waals surface area contributed by atoms with Crippen molar-refractivity contribution in [2.75, 3.05) is 18.0 Å². The van der Waals surface area contributed by atoms with Crippen LogP contribution in [0.2, 0.25) is 0 Å². The quantitative estimate of drug-likeness (QED) is 0.865. The van der Waals surface area contributed by atoms with E-state index in [2.05, 4.69) is 10.4 Å². The van der Waals surface area contributed by atoms with Gasteiger partial charge in [-0.2, -0.15) is 18.3 Å². The van der Waals surface area contributed by atoms with Crippen molar-refractivity contribution in [1.82, 2.24) is 15.1 Å². The maximum absolute atomic E-state index is 13.1. The van der Waals surface area contributed by atoms with Crippen molar-refractivity contribution in [2.24, 2.45) is 13.0 Å². The fourth-order valence-corrected chi connectivity index (χ4v) is 3.34. The van der Waals surface area contributed by atoms with E-state index >= 15 is 0 Å². The highest BCUT2D eigenvalue weighted by Crippen LogP contribution is 2.31. The lowest BCUT2D eigenvalue weighted by Gasteiger charge is -2.33. The molecule has 1 aliphatic heterocycles. The molecule has 150 valence electrons. The summed E-state index contributed by atoms with van der Waals surface area (Å²) in [6.07, 6.45) is -1.51. The smallest absolute Gasteiger partial charge is 0.369 e. The molecule has 3 rings (SSSR count). The largest absolute Gasteiger partial charge is 0.416 e. The molecule has 9 heteroatoms. The first kappa shape index (κ1) is 19.9. The summed E-state index contributed by atoms with van der Waals surface area (Å²) in [5.74, 6) is -0.658. The fourth-order valence-electron chi connectivity index (χ4n) is 3.34. The lowest BCUT2D eigenvalue weighted by molar-refractivity contribution is -0.138. The van der Waals surface area contributed by atoms with Crippen LogP contribution in [0.25, 0.3) is 0 Å². The van der Waals surface area contributed by atoms with Crippen LogP contribution in [0.3, 0.4) is 0 Å². The molecule has 1 amide bonds. The minimum Gasteiger partial charge on any atom is -0.369 e. The molecule has 1 atom stereocenters. The molecule has 28 heavy (non-hydrogen) atoms. The molecule has 2 aromatic rings. The van der Waals surface area contributed by atoms with E-state index in [4.69, 9.17) is 0 Å². The van der Waals surface area contributed by atoms with Gasteiger partial charge in [0.1, 0.15) is 0 Å². The third kappa shape index (κ3) is 4.52. The van der Waals surface area contributed by atoms with E-state index in [1.165, 1.54) is 28.9 Å². The molecule has 0 bridgehead atoms. The lowest BCUT2D eigenvalue weighted by Crippen LogP contribution is -2.43. The number of carbonyl (C=O) groups is 1. The second-order valence-electron chi connectivity index (χ2n) is 6.83. The molecule has 1 aromatic heterocycles. The van der Waals surface area contributed by atoms with Gasteiger partial charge in [0, 0.05) is 32.7 Å². The predicted octanol–water partition coefficient (Wildman–Crippen LogP) is 2.33. The molecule has 2 heterocycles. The Morgan fingerprint density at radius 2 is 2.07 bits per heavy atom. The number of hydrogen-bond donors (Lipinski definition) is 1. The molecule has 0 unspecified atom stereocenters. The molecular weight excluding hydrogens is 373 g/mol. The number of benzene rings is 1. The molecule has 0 saturated carbocycles. The van der Waals surface area contributed by atoms with Crippen molar-refractivity contribution < 1.29 is 18.0 Å². The average molecular weight is 394 g/mol. The number of anilines is 1.